The zero-order valence-corrected chi connectivity index (χ0v) is 12.5. The Morgan fingerprint density at radius 2 is 1.91 bits per heavy atom. The third-order valence-electron chi connectivity index (χ3n) is 3.87. The standard InChI is InChI=1S/C17H20N4O/c22-17(19-9-12-21-10-3-4-11-21)14-6-7-16(20-13-14)15-5-1-2-8-18-15/h1-2,5-8,13H,3-4,9-12H2,(H,19,22). The average molecular weight is 296 g/mol. The van der Waals surface area contributed by atoms with Gasteiger partial charge in [0.05, 0.1) is 17.0 Å². The molecule has 22 heavy (non-hydrogen) atoms. The third-order valence-corrected chi connectivity index (χ3v) is 3.87. The predicted molar refractivity (Wildman–Crippen MR) is 85.5 cm³/mol. The van der Waals surface area contributed by atoms with Crippen molar-refractivity contribution in [2.75, 3.05) is 26.2 Å². The van der Waals surface area contributed by atoms with E-state index >= 15 is 0 Å². The molecule has 0 aliphatic carbocycles. The summed E-state index contributed by atoms with van der Waals surface area (Å²) in [7, 11) is 0. The first-order valence-electron chi connectivity index (χ1n) is 7.71. The van der Waals surface area contributed by atoms with E-state index in [2.05, 4.69) is 20.2 Å². The van der Waals surface area contributed by atoms with E-state index in [0.29, 0.717) is 12.1 Å². The summed E-state index contributed by atoms with van der Waals surface area (Å²) >= 11 is 0. The van der Waals surface area contributed by atoms with Gasteiger partial charge in [0.15, 0.2) is 0 Å². The van der Waals surface area contributed by atoms with Gasteiger partial charge in [0.25, 0.3) is 5.91 Å². The fraction of sp³-hybridized carbons (Fsp3) is 0.353. The number of aromatic nitrogens is 2. The smallest absolute Gasteiger partial charge is 0.252 e. The summed E-state index contributed by atoms with van der Waals surface area (Å²) < 4.78 is 0. The molecule has 0 spiro atoms. The molecule has 1 amide bonds. The van der Waals surface area contributed by atoms with E-state index in [0.717, 1.165) is 31.0 Å². The van der Waals surface area contributed by atoms with Gasteiger partial charge < -0.3 is 10.2 Å². The molecule has 5 heteroatoms. The van der Waals surface area contributed by atoms with Crippen LogP contribution in [-0.2, 0) is 0 Å². The third kappa shape index (κ3) is 3.68. The zero-order valence-electron chi connectivity index (χ0n) is 12.5. The first kappa shape index (κ1) is 14.7. The largest absolute Gasteiger partial charge is 0.351 e. The van der Waals surface area contributed by atoms with E-state index in [1.807, 2.05) is 24.3 Å². The van der Waals surface area contributed by atoms with Crippen LogP contribution in [0.5, 0.6) is 0 Å². The molecule has 0 atom stereocenters. The second-order valence-corrected chi connectivity index (χ2v) is 5.45. The Balaban J connectivity index is 1.54. The molecule has 0 aromatic carbocycles. The average Bonchev–Trinajstić information content (AvgIpc) is 3.09. The van der Waals surface area contributed by atoms with Gasteiger partial charge >= 0.3 is 0 Å². The Labute approximate surface area is 130 Å². The molecule has 5 nitrogen and oxygen atoms in total. The van der Waals surface area contributed by atoms with Gasteiger partial charge in [0.2, 0.25) is 0 Å². The molecule has 114 valence electrons. The summed E-state index contributed by atoms with van der Waals surface area (Å²) in [6.07, 6.45) is 5.88. The topological polar surface area (TPSA) is 58.1 Å². The fourth-order valence-corrected chi connectivity index (χ4v) is 2.63. The van der Waals surface area contributed by atoms with Crippen LogP contribution in [0.3, 0.4) is 0 Å². The summed E-state index contributed by atoms with van der Waals surface area (Å²) in [6.45, 7) is 3.90. The fourth-order valence-electron chi connectivity index (χ4n) is 2.63. The zero-order chi connectivity index (χ0) is 15.2. The molecular formula is C17H20N4O. The van der Waals surface area contributed by atoms with Crippen LogP contribution < -0.4 is 5.32 Å². The molecule has 3 rings (SSSR count). The van der Waals surface area contributed by atoms with Crippen LogP contribution >= 0.6 is 0 Å². The Morgan fingerprint density at radius 3 is 2.59 bits per heavy atom. The van der Waals surface area contributed by atoms with E-state index in [1.54, 1.807) is 18.5 Å². The molecule has 2 aromatic rings. The lowest BCUT2D eigenvalue weighted by Crippen LogP contribution is -2.33. The summed E-state index contributed by atoms with van der Waals surface area (Å²) in [5.74, 6) is -0.0701. The van der Waals surface area contributed by atoms with E-state index < -0.39 is 0 Å². The quantitative estimate of drug-likeness (QED) is 0.916. The van der Waals surface area contributed by atoms with E-state index in [9.17, 15) is 4.79 Å². The molecule has 1 N–H and O–H groups in total. The van der Waals surface area contributed by atoms with Crippen molar-refractivity contribution in [2.24, 2.45) is 0 Å². The van der Waals surface area contributed by atoms with Crippen molar-refractivity contribution in [3.05, 3.63) is 48.3 Å². The van der Waals surface area contributed by atoms with Crippen LogP contribution in [0.15, 0.2) is 42.7 Å². The highest BCUT2D eigenvalue weighted by atomic mass is 16.1. The minimum atomic E-state index is -0.0701. The first-order valence-corrected chi connectivity index (χ1v) is 7.71. The summed E-state index contributed by atoms with van der Waals surface area (Å²) in [5.41, 5.74) is 2.17. The Morgan fingerprint density at radius 1 is 1.09 bits per heavy atom. The van der Waals surface area contributed by atoms with Crippen molar-refractivity contribution in [3.63, 3.8) is 0 Å². The highest BCUT2D eigenvalue weighted by Gasteiger charge is 2.12. The minimum Gasteiger partial charge on any atom is -0.351 e. The number of nitrogens with one attached hydrogen (secondary N) is 1. The number of carbonyl (C=O) groups excluding carboxylic acids is 1. The number of likely N-dealkylation sites (tertiary alicyclic amines) is 1. The van der Waals surface area contributed by atoms with Crippen LogP contribution in [0.2, 0.25) is 0 Å². The summed E-state index contributed by atoms with van der Waals surface area (Å²) in [4.78, 5) is 23.0. The van der Waals surface area contributed by atoms with Gasteiger partial charge in [-0.25, -0.2) is 0 Å². The van der Waals surface area contributed by atoms with Crippen molar-refractivity contribution in [1.29, 1.82) is 0 Å². The highest BCUT2D eigenvalue weighted by molar-refractivity contribution is 5.94. The maximum Gasteiger partial charge on any atom is 0.252 e. The summed E-state index contributed by atoms with van der Waals surface area (Å²) in [6, 6.07) is 9.31. The van der Waals surface area contributed by atoms with Crippen molar-refractivity contribution in [1.82, 2.24) is 20.2 Å². The minimum absolute atomic E-state index is 0.0701. The molecule has 0 unspecified atom stereocenters. The van der Waals surface area contributed by atoms with Crippen LogP contribution in [-0.4, -0.2) is 47.0 Å². The van der Waals surface area contributed by atoms with Crippen molar-refractivity contribution in [3.8, 4) is 11.4 Å². The maximum absolute atomic E-state index is 12.1. The Hall–Kier alpha value is -2.27. The maximum atomic E-state index is 12.1. The van der Waals surface area contributed by atoms with Crippen molar-refractivity contribution in [2.45, 2.75) is 12.8 Å². The van der Waals surface area contributed by atoms with Crippen LogP contribution in [0, 0.1) is 0 Å². The Bertz CT molecular complexity index is 606. The van der Waals surface area contributed by atoms with Gasteiger partial charge in [-0.15, -0.1) is 0 Å². The second-order valence-electron chi connectivity index (χ2n) is 5.45. The molecule has 2 aromatic heterocycles. The number of carbonyl (C=O) groups is 1. The molecule has 0 bridgehead atoms. The molecular weight excluding hydrogens is 276 g/mol. The molecule has 1 fully saturated rings. The number of rotatable bonds is 5. The SMILES string of the molecule is O=C(NCCN1CCCC1)c1ccc(-c2ccccn2)nc1. The van der Waals surface area contributed by atoms with Crippen LogP contribution in [0.4, 0.5) is 0 Å². The highest BCUT2D eigenvalue weighted by Crippen LogP contribution is 2.13. The Kier molecular flexibility index (Phi) is 4.75. The number of pyridine rings is 2. The van der Waals surface area contributed by atoms with Crippen LogP contribution in [0.1, 0.15) is 23.2 Å². The second kappa shape index (κ2) is 7.13. The molecule has 1 saturated heterocycles. The first-order chi connectivity index (χ1) is 10.8. The number of amides is 1. The normalized spacial score (nSPS) is 14.9. The van der Waals surface area contributed by atoms with E-state index in [4.69, 9.17) is 0 Å². The van der Waals surface area contributed by atoms with E-state index in [1.165, 1.54) is 12.8 Å². The number of hydrogen-bond donors (Lipinski definition) is 1. The van der Waals surface area contributed by atoms with Gasteiger partial charge in [-0.05, 0) is 50.2 Å². The van der Waals surface area contributed by atoms with Crippen molar-refractivity contribution >= 4 is 5.91 Å². The molecule has 0 radical (unpaired) electrons. The van der Waals surface area contributed by atoms with E-state index in [-0.39, 0.29) is 5.91 Å². The predicted octanol–water partition coefficient (Wildman–Crippen LogP) is 1.97. The number of hydrogen-bond acceptors (Lipinski definition) is 4. The van der Waals surface area contributed by atoms with Gasteiger partial charge in [-0.1, -0.05) is 6.07 Å². The molecule has 1 aliphatic rings. The number of nitrogens with zero attached hydrogens (tertiary/aromatic N) is 3. The van der Waals surface area contributed by atoms with Crippen molar-refractivity contribution < 1.29 is 4.79 Å². The molecule has 1 aliphatic heterocycles. The van der Waals surface area contributed by atoms with Gasteiger partial charge in [-0.3, -0.25) is 14.8 Å². The monoisotopic (exact) mass is 296 g/mol. The van der Waals surface area contributed by atoms with Gasteiger partial charge in [-0.2, -0.15) is 0 Å². The lowest BCUT2D eigenvalue weighted by molar-refractivity contribution is 0.0949. The molecule has 0 saturated carbocycles. The van der Waals surface area contributed by atoms with Gasteiger partial charge in [0.1, 0.15) is 0 Å². The molecule has 3 heterocycles. The summed E-state index contributed by atoms with van der Waals surface area (Å²) in [5, 5.41) is 2.95. The lowest BCUT2D eigenvalue weighted by atomic mass is 10.2. The lowest BCUT2D eigenvalue weighted by Gasteiger charge is -2.14. The van der Waals surface area contributed by atoms with Gasteiger partial charge in [0, 0.05) is 25.5 Å². The van der Waals surface area contributed by atoms with Crippen LogP contribution in [0.25, 0.3) is 11.4 Å².